The number of carbonyl (C=O) groups is 1. The van der Waals surface area contributed by atoms with Crippen molar-refractivity contribution in [2.45, 2.75) is 32.9 Å². The fraction of sp³-hybridized carbons (Fsp3) is 0.600. The van der Waals surface area contributed by atoms with E-state index in [2.05, 4.69) is 10.3 Å². The molecule has 116 valence electrons. The molecule has 1 amide bonds. The summed E-state index contributed by atoms with van der Waals surface area (Å²) in [6.07, 6.45) is -0.304. The number of anilines is 1. The Bertz CT molecular complexity index is 507. The zero-order chi connectivity index (χ0) is 15.4. The summed E-state index contributed by atoms with van der Waals surface area (Å²) >= 11 is 0. The van der Waals surface area contributed by atoms with Crippen molar-refractivity contribution in [2.24, 2.45) is 0 Å². The molecule has 1 aliphatic heterocycles. The Kier molecular flexibility index (Phi) is 5.14. The van der Waals surface area contributed by atoms with E-state index in [4.69, 9.17) is 4.74 Å². The second-order valence-corrected chi connectivity index (χ2v) is 5.36. The molecule has 2 atom stereocenters. The van der Waals surface area contributed by atoms with Crippen LogP contribution in [0.15, 0.2) is 12.1 Å². The Labute approximate surface area is 125 Å². The molecule has 1 aromatic rings. The van der Waals surface area contributed by atoms with Gasteiger partial charge >= 0.3 is 0 Å². The Hall–Kier alpha value is -1.66. The number of carbonyl (C=O) groups excluding carboxylic acids is 1. The van der Waals surface area contributed by atoms with Gasteiger partial charge in [-0.05, 0) is 32.9 Å². The molecule has 0 aliphatic carbocycles. The molecule has 6 heteroatoms. The van der Waals surface area contributed by atoms with E-state index in [-0.39, 0.29) is 24.7 Å². The molecule has 6 nitrogen and oxygen atoms in total. The smallest absolute Gasteiger partial charge is 0.254 e. The van der Waals surface area contributed by atoms with Crippen LogP contribution in [0.3, 0.4) is 0 Å². The minimum Gasteiger partial charge on any atom is -0.394 e. The number of amides is 1. The lowest BCUT2D eigenvalue weighted by molar-refractivity contribution is -0.0667. The Balaban J connectivity index is 2.21. The number of nitrogens with one attached hydrogen (secondary N) is 1. The summed E-state index contributed by atoms with van der Waals surface area (Å²) in [5.41, 5.74) is 1.42. The van der Waals surface area contributed by atoms with Gasteiger partial charge in [0.1, 0.15) is 5.82 Å². The van der Waals surface area contributed by atoms with Crippen LogP contribution in [-0.4, -0.2) is 59.3 Å². The minimum absolute atomic E-state index is 0.00337. The molecule has 0 radical (unpaired) electrons. The van der Waals surface area contributed by atoms with Gasteiger partial charge in [-0.1, -0.05) is 0 Å². The fourth-order valence-electron chi connectivity index (χ4n) is 2.44. The lowest BCUT2D eigenvalue weighted by Gasteiger charge is -2.37. The van der Waals surface area contributed by atoms with Gasteiger partial charge in [-0.2, -0.15) is 0 Å². The topological polar surface area (TPSA) is 74.7 Å². The van der Waals surface area contributed by atoms with Crippen molar-refractivity contribution >= 4 is 11.7 Å². The number of ether oxygens (including phenoxy) is 1. The summed E-state index contributed by atoms with van der Waals surface area (Å²) in [6.45, 7) is 7.34. The summed E-state index contributed by atoms with van der Waals surface area (Å²) in [7, 11) is 0. The molecule has 0 saturated carbocycles. The number of rotatable bonds is 4. The van der Waals surface area contributed by atoms with Gasteiger partial charge in [0.2, 0.25) is 0 Å². The van der Waals surface area contributed by atoms with Gasteiger partial charge in [0.05, 0.1) is 25.4 Å². The number of hydrogen-bond acceptors (Lipinski definition) is 5. The van der Waals surface area contributed by atoms with E-state index < -0.39 is 0 Å². The maximum atomic E-state index is 12.7. The van der Waals surface area contributed by atoms with E-state index in [9.17, 15) is 9.90 Å². The monoisotopic (exact) mass is 293 g/mol. The number of aromatic nitrogens is 1. The molecule has 1 aromatic heterocycles. The van der Waals surface area contributed by atoms with Crippen LogP contribution in [-0.2, 0) is 4.74 Å². The molecule has 1 aliphatic rings. The van der Waals surface area contributed by atoms with Crippen LogP contribution in [0.4, 0.5) is 5.82 Å². The zero-order valence-electron chi connectivity index (χ0n) is 12.8. The van der Waals surface area contributed by atoms with Crippen molar-refractivity contribution in [1.82, 2.24) is 9.88 Å². The van der Waals surface area contributed by atoms with Gasteiger partial charge in [0.15, 0.2) is 0 Å². The van der Waals surface area contributed by atoms with Crippen LogP contribution in [0.2, 0.25) is 0 Å². The standard InChI is InChI=1S/C15H23N3O3/c1-4-16-14-6-12(5-10(2)17-14)15(20)18-7-13(8-19)21-9-11(18)3/h5-6,11,13,19H,4,7-9H2,1-3H3,(H,16,17). The first-order valence-corrected chi connectivity index (χ1v) is 7.31. The van der Waals surface area contributed by atoms with Crippen molar-refractivity contribution in [1.29, 1.82) is 0 Å². The quantitative estimate of drug-likeness (QED) is 0.868. The van der Waals surface area contributed by atoms with Crippen LogP contribution in [0.5, 0.6) is 0 Å². The molecule has 2 heterocycles. The summed E-state index contributed by atoms with van der Waals surface area (Å²) < 4.78 is 5.47. The van der Waals surface area contributed by atoms with E-state index in [1.165, 1.54) is 0 Å². The van der Waals surface area contributed by atoms with Gasteiger partial charge < -0.3 is 20.1 Å². The third kappa shape index (κ3) is 3.71. The number of aryl methyl sites for hydroxylation is 1. The molecule has 0 aromatic carbocycles. The highest BCUT2D eigenvalue weighted by molar-refractivity contribution is 5.95. The number of aliphatic hydroxyl groups excluding tert-OH is 1. The van der Waals surface area contributed by atoms with Crippen LogP contribution in [0.25, 0.3) is 0 Å². The zero-order valence-corrected chi connectivity index (χ0v) is 12.8. The maximum absolute atomic E-state index is 12.7. The summed E-state index contributed by atoms with van der Waals surface area (Å²) in [6, 6.07) is 3.56. The first kappa shape index (κ1) is 15.7. The average Bonchev–Trinajstić information content (AvgIpc) is 2.47. The Morgan fingerprint density at radius 2 is 2.33 bits per heavy atom. The highest BCUT2D eigenvalue weighted by atomic mass is 16.5. The lowest BCUT2D eigenvalue weighted by Crippen LogP contribution is -2.52. The van der Waals surface area contributed by atoms with E-state index in [0.29, 0.717) is 24.5 Å². The molecular weight excluding hydrogens is 270 g/mol. The van der Waals surface area contributed by atoms with Crippen molar-refractivity contribution in [3.63, 3.8) is 0 Å². The van der Waals surface area contributed by atoms with Gasteiger partial charge in [-0.3, -0.25) is 4.79 Å². The number of morpholine rings is 1. The second kappa shape index (κ2) is 6.87. The van der Waals surface area contributed by atoms with Crippen LogP contribution in [0.1, 0.15) is 29.9 Å². The van der Waals surface area contributed by atoms with Crippen LogP contribution in [0, 0.1) is 6.92 Å². The molecule has 2 rings (SSSR count). The number of nitrogens with zero attached hydrogens (tertiary/aromatic N) is 2. The van der Waals surface area contributed by atoms with E-state index >= 15 is 0 Å². The molecular formula is C15H23N3O3. The third-order valence-electron chi connectivity index (χ3n) is 3.53. The molecule has 0 bridgehead atoms. The highest BCUT2D eigenvalue weighted by Crippen LogP contribution is 2.18. The second-order valence-electron chi connectivity index (χ2n) is 5.36. The van der Waals surface area contributed by atoms with Crippen LogP contribution < -0.4 is 5.32 Å². The molecule has 2 unspecified atom stereocenters. The first-order chi connectivity index (χ1) is 10.0. The lowest BCUT2D eigenvalue weighted by atomic mass is 10.1. The highest BCUT2D eigenvalue weighted by Gasteiger charge is 2.30. The number of aliphatic hydroxyl groups is 1. The SMILES string of the molecule is CCNc1cc(C(=O)N2CC(CO)OCC2C)cc(C)n1. The van der Waals surface area contributed by atoms with Crippen molar-refractivity contribution in [2.75, 3.05) is 31.6 Å². The fourth-order valence-corrected chi connectivity index (χ4v) is 2.44. The third-order valence-corrected chi connectivity index (χ3v) is 3.53. The predicted octanol–water partition coefficient (Wildman–Crippen LogP) is 1.04. The summed E-state index contributed by atoms with van der Waals surface area (Å²) in [4.78, 5) is 18.8. The van der Waals surface area contributed by atoms with Gasteiger partial charge in [-0.25, -0.2) is 4.98 Å². The molecule has 0 spiro atoms. The Morgan fingerprint density at radius 3 is 3.00 bits per heavy atom. The first-order valence-electron chi connectivity index (χ1n) is 7.31. The summed E-state index contributed by atoms with van der Waals surface area (Å²) in [5.74, 6) is 0.661. The van der Waals surface area contributed by atoms with Gasteiger partial charge in [-0.15, -0.1) is 0 Å². The predicted molar refractivity (Wildman–Crippen MR) is 80.5 cm³/mol. The number of hydrogen-bond donors (Lipinski definition) is 2. The van der Waals surface area contributed by atoms with Crippen LogP contribution >= 0.6 is 0 Å². The van der Waals surface area contributed by atoms with E-state index in [1.54, 1.807) is 17.0 Å². The average molecular weight is 293 g/mol. The van der Waals surface area contributed by atoms with Gasteiger partial charge in [0, 0.05) is 24.3 Å². The van der Waals surface area contributed by atoms with E-state index in [1.807, 2.05) is 20.8 Å². The number of pyridine rings is 1. The van der Waals surface area contributed by atoms with Crippen molar-refractivity contribution in [3.8, 4) is 0 Å². The molecule has 1 fully saturated rings. The van der Waals surface area contributed by atoms with E-state index in [0.717, 1.165) is 12.2 Å². The van der Waals surface area contributed by atoms with Gasteiger partial charge in [0.25, 0.3) is 5.91 Å². The molecule has 2 N–H and O–H groups in total. The summed E-state index contributed by atoms with van der Waals surface area (Å²) in [5, 5.41) is 12.4. The van der Waals surface area contributed by atoms with Crippen molar-refractivity contribution in [3.05, 3.63) is 23.4 Å². The normalized spacial score (nSPS) is 22.2. The maximum Gasteiger partial charge on any atom is 0.254 e. The molecule has 21 heavy (non-hydrogen) atoms. The Morgan fingerprint density at radius 1 is 1.57 bits per heavy atom. The molecule has 1 saturated heterocycles. The largest absolute Gasteiger partial charge is 0.394 e. The van der Waals surface area contributed by atoms with Crippen molar-refractivity contribution < 1.29 is 14.6 Å². The minimum atomic E-state index is -0.304.